The molecule has 0 bridgehead atoms. The minimum absolute atomic E-state index is 0.0544. The second-order valence-corrected chi connectivity index (χ2v) is 7.38. The van der Waals surface area contributed by atoms with Crippen molar-refractivity contribution >= 4 is 12.0 Å². The SMILES string of the molecule is COc1ccc(OC)c(C2CCCN2C(=O)/C=C/c2cc(OC)c3c(c2)OCCO3)c1. The number of nitrogens with zero attached hydrogens (tertiary/aromatic N) is 1. The number of rotatable bonds is 6. The molecule has 2 heterocycles. The Labute approximate surface area is 182 Å². The summed E-state index contributed by atoms with van der Waals surface area (Å²) < 4.78 is 27.7. The van der Waals surface area contributed by atoms with Gasteiger partial charge in [0.2, 0.25) is 11.7 Å². The van der Waals surface area contributed by atoms with Gasteiger partial charge in [0, 0.05) is 18.2 Å². The molecule has 2 aromatic rings. The molecule has 0 radical (unpaired) electrons. The van der Waals surface area contributed by atoms with Gasteiger partial charge in [0.1, 0.15) is 24.7 Å². The fourth-order valence-electron chi connectivity index (χ4n) is 4.11. The number of fused-ring (bicyclic) bond motifs is 1. The van der Waals surface area contributed by atoms with Crippen molar-refractivity contribution in [2.45, 2.75) is 18.9 Å². The van der Waals surface area contributed by atoms with Crippen LogP contribution in [0.4, 0.5) is 0 Å². The number of likely N-dealkylation sites (tertiary alicyclic amines) is 1. The molecule has 1 fully saturated rings. The number of carbonyl (C=O) groups excluding carboxylic acids is 1. The minimum Gasteiger partial charge on any atom is -0.497 e. The standard InChI is InChI=1S/C24H27NO6/c1-27-17-7-8-20(28-2)18(15-17)19-5-4-10-25(19)23(26)9-6-16-13-21(29-3)24-22(14-16)30-11-12-31-24/h6-9,13-15,19H,4-5,10-12H2,1-3H3/b9-6+. The predicted molar refractivity (Wildman–Crippen MR) is 116 cm³/mol. The van der Waals surface area contributed by atoms with Gasteiger partial charge < -0.3 is 28.6 Å². The number of amides is 1. The summed E-state index contributed by atoms with van der Waals surface area (Å²) in [5.41, 5.74) is 1.77. The summed E-state index contributed by atoms with van der Waals surface area (Å²) in [5, 5.41) is 0. The quantitative estimate of drug-likeness (QED) is 0.655. The maximum absolute atomic E-state index is 13.1. The van der Waals surface area contributed by atoms with Gasteiger partial charge >= 0.3 is 0 Å². The average Bonchev–Trinajstić information content (AvgIpc) is 3.31. The molecular formula is C24H27NO6. The molecule has 0 spiro atoms. The molecule has 2 aliphatic rings. The van der Waals surface area contributed by atoms with Crippen LogP contribution in [0.25, 0.3) is 6.08 Å². The number of methoxy groups -OCH3 is 3. The molecule has 2 aromatic carbocycles. The summed E-state index contributed by atoms with van der Waals surface area (Å²) in [4.78, 5) is 15.0. The van der Waals surface area contributed by atoms with E-state index in [0.29, 0.717) is 37.0 Å². The van der Waals surface area contributed by atoms with Crippen LogP contribution >= 0.6 is 0 Å². The highest BCUT2D eigenvalue weighted by atomic mass is 16.6. The molecular weight excluding hydrogens is 398 g/mol. The first-order valence-corrected chi connectivity index (χ1v) is 10.3. The normalized spacial score (nSPS) is 17.6. The summed E-state index contributed by atoms with van der Waals surface area (Å²) in [5.74, 6) is 3.26. The summed E-state index contributed by atoms with van der Waals surface area (Å²) >= 11 is 0. The Bertz CT molecular complexity index is 969. The Morgan fingerprint density at radius 3 is 2.61 bits per heavy atom. The zero-order valence-electron chi connectivity index (χ0n) is 18.1. The van der Waals surface area contributed by atoms with Gasteiger partial charge in [-0.3, -0.25) is 4.79 Å². The van der Waals surface area contributed by atoms with Crippen LogP contribution in [0.5, 0.6) is 28.7 Å². The van der Waals surface area contributed by atoms with Crippen molar-refractivity contribution in [3.63, 3.8) is 0 Å². The molecule has 164 valence electrons. The molecule has 1 atom stereocenters. The lowest BCUT2D eigenvalue weighted by atomic mass is 10.0. The Morgan fingerprint density at radius 1 is 1.03 bits per heavy atom. The molecule has 1 saturated heterocycles. The summed E-state index contributed by atoms with van der Waals surface area (Å²) in [6, 6.07) is 9.32. The number of hydrogen-bond donors (Lipinski definition) is 0. The summed E-state index contributed by atoms with van der Waals surface area (Å²) in [6.45, 7) is 1.67. The van der Waals surface area contributed by atoms with Gasteiger partial charge in [-0.05, 0) is 54.8 Å². The number of carbonyl (C=O) groups is 1. The van der Waals surface area contributed by atoms with E-state index in [0.717, 1.165) is 35.5 Å². The zero-order valence-corrected chi connectivity index (χ0v) is 18.1. The second-order valence-electron chi connectivity index (χ2n) is 7.38. The highest BCUT2D eigenvalue weighted by Crippen LogP contribution is 2.41. The van der Waals surface area contributed by atoms with Crippen LogP contribution < -0.4 is 23.7 Å². The van der Waals surface area contributed by atoms with Gasteiger partial charge in [0.15, 0.2) is 11.5 Å². The van der Waals surface area contributed by atoms with Crippen LogP contribution in [0.2, 0.25) is 0 Å². The van der Waals surface area contributed by atoms with E-state index < -0.39 is 0 Å². The maximum Gasteiger partial charge on any atom is 0.247 e. The van der Waals surface area contributed by atoms with Crippen molar-refractivity contribution < 1.29 is 28.5 Å². The first-order valence-electron chi connectivity index (χ1n) is 10.3. The van der Waals surface area contributed by atoms with E-state index in [1.165, 1.54) is 0 Å². The van der Waals surface area contributed by atoms with Crippen molar-refractivity contribution in [2.24, 2.45) is 0 Å². The Hall–Kier alpha value is -3.35. The largest absolute Gasteiger partial charge is 0.497 e. The van der Waals surface area contributed by atoms with Gasteiger partial charge in [-0.2, -0.15) is 0 Å². The van der Waals surface area contributed by atoms with Crippen LogP contribution in [0.1, 0.15) is 30.0 Å². The Kier molecular flexibility index (Phi) is 6.21. The topological polar surface area (TPSA) is 66.5 Å². The lowest BCUT2D eigenvalue weighted by Crippen LogP contribution is -2.29. The molecule has 1 unspecified atom stereocenters. The van der Waals surface area contributed by atoms with Crippen molar-refractivity contribution in [3.8, 4) is 28.7 Å². The van der Waals surface area contributed by atoms with Gasteiger partial charge in [-0.1, -0.05) is 0 Å². The monoisotopic (exact) mass is 425 g/mol. The molecule has 31 heavy (non-hydrogen) atoms. The number of hydrogen-bond acceptors (Lipinski definition) is 6. The Morgan fingerprint density at radius 2 is 1.84 bits per heavy atom. The smallest absolute Gasteiger partial charge is 0.247 e. The van der Waals surface area contributed by atoms with Gasteiger partial charge in [0.25, 0.3) is 0 Å². The van der Waals surface area contributed by atoms with Crippen LogP contribution in [0.3, 0.4) is 0 Å². The molecule has 7 heteroatoms. The summed E-state index contributed by atoms with van der Waals surface area (Å²) in [7, 11) is 4.86. The molecule has 0 N–H and O–H groups in total. The zero-order chi connectivity index (χ0) is 21.8. The second kappa shape index (κ2) is 9.20. The molecule has 0 aliphatic carbocycles. The molecule has 2 aliphatic heterocycles. The van der Waals surface area contributed by atoms with E-state index >= 15 is 0 Å². The first-order chi connectivity index (χ1) is 15.1. The molecule has 0 saturated carbocycles. The predicted octanol–water partition coefficient (Wildman–Crippen LogP) is 3.86. The van der Waals surface area contributed by atoms with Crippen LogP contribution in [-0.4, -0.2) is 51.9 Å². The number of benzene rings is 2. The molecule has 4 rings (SSSR count). The van der Waals surface area contributed by atoms with E-state index in [2.05, 4.69) is 0 Å². The fraction of sp³-hybridized carbons (Fsp3) is 0.375. The van der Waals surface area contributed by atoms with Crippen molar-refractivity contribution in [1.29, 1.82) is 0 Å². The van der Waals surface area contributed by atoms with Gasteiger partial charge in [-0.25, -0.2) is 0 Å². The molecule has 1 amide bonds. The highest BCUT2D eigenvalue weighted by molar-refractivity contribution is 5.92. The highest BCUT2D eigenvalue weighted by Gasteiger charge is 2.31. The Balaban J connectivity index is 1.57. The van der Waals surface area contributed by atoms with E-state index in [1.54, 1.807) is 33.5 Å². The van der Waals surface area contributed by atoms with Gasteiger partial charge in [-0.15, -0.1) is 0 Å². The molecule has 0 aromatic heterocycles. The van der Waals surface area contributed by atoms with Gasteiger partial charge in [0.05, 0.1) is 27.4 Å². The summed E-state index contributed by atoms with van der Waals surface area (Å²) in [6.07, 6.45) is 5.18. The lowest BCUT2D eigenvalue weighted by Gasteiger charge is -2.25. The van der Waals surface area contributed by atoms with Crippen LogP contribution in [0, 0.1) is 0 Å². The fourth-order valence-corrected chi connectivity index (χ4v) is 4.11. The molecule has 7 nitrogen and oxygen atoms in total. The first kappa shape index (κ1) is 20.9. The lowest BCUT2D eigenvalue weighted by molar-refractivity contribution is -0.126. The maximum atomic E-state index is 13.1. The third-order valence-corrected chi connectivity index (χ3v) is 5.60. The minimum atomic E-state index is -0.0583. The van der Waals surface area contributed by atoms with E-state index in [-0.39, 0.29) is 11.9 Å². The van der Waals surface area contributed by atoms with Crippen LogP contribution in [-0.2, 0) is 4.79 Å². The van der Waals surface area contributed by atoms with Crippen molar-refractivity contribution in [3.05, 3.63) is 47.5 Å². The number of ether oxygens (including phenoxy) is 5. The van der Waals surface area contributed by atoms with Crippen molar-refractivity contribution in [1.82, 2.24) is 4.90 Å². The van der Waals surface area contributed by atoms with E-state index in [4.69, 9.17) is 23.7 Å². The van der Waals surface area contributed by atoms with Crippen LogP contribution in [0.15, 0.2) is 36.4 Å². The van der Waals surface area contributed by atoms with Crippen molar-refractivity contribution in [2.75, 3.05) is 41.1 Å². The van der Waals surface area contributed by atoms with E-state index in [9.17, 15) is 4.79 Å². The van der Waals surface area contributed by atoms with E-state index in [1.807, 2.05) is 35.2 Å². The average molecular weight is 425 g/mol. The third kappa shape index (κ3) is 4.26. The third-order valence-electron chi connectivity index (χ3n) is 5.60.